The van der Waals surface area contributed by atoms with Crippen LogP contribution in [-0.4, -0.2) is 32.3 Å². The van der Waals surface area contributed by atoms with Crippen molar-refractivity contribution in [1.29, 1.82) is 0 Å². The normalized spacial score (nSPS) is 17.6. The van der Waals surface area contributed by atoms with E-state index in [4.69, 9.17) is 22.1 Å². The Balaban J connectivity index is 0.00000242. The van der Waals surface area contributed by atoms with Gasteiger partial charge in [0.1, 0.15) is 0 Å². The molecule has 0 amide bonds. The Kier molecular flexibility index (Phi) is 8.49. The van der Waals surface area contributed by atoms with E-state index in [-0.39, 0.29) is 29.4 Å². The van der Waals surface area contributed by atoms with Crippen LogP contribution < -0.4 is 11.1 Å². The Labute approximate surface area is 154 Å². The lowest BCUT2D eigenvalue weighted by Gasteiger charge is -2.36. The SMILES string of the molecule is CCCNC(N)=NCC1(c2cccc(Cl)c2)CCOCC1.I. The first-order valence-electron chi connectivity index (χ1n) is 7.54. The number of ether oxygens (including phenoxy) is 1. The van der Waals surface area contributed by atoms with Gasteiger partial charge in [0, 0.05) is 30.2 Å². The second-order valence-corrected chi connectivity index (χ2v) is 5.97. The molecule has 3 N–H and O–H groups in total. The maximum Gasteiger partial charge on any atom is 0.188 e. The molecule has 0 aromatic heterocycles. The summed E-state index contributed by atoms with van der Waals surface area (Å²) in [5.41, 5.74) is 7.13. The van der Waals surface area contributed by atoms with Crippen molar-refractivity contribution < 1.29 is 4.74 Å². The zero-order valence-corrected chi connectivity index (χ0v) is 16.1. The van der Waals surface area contributed by atoms with Gasteiger partial charge in [0.2, 0.25) is 0 Å². The summed E-state index contributed by atoms with van der Waals surface area (Å²) < 4.78 is 5.52. The number of guanidine groups is 1. The molecular weight excluding hydrogens is 413 g/mol. The third-order valence-electron chi connectivity index (χ3n) is 4.00. The molecule has 0 saturated carbocycles. The number of rotatable bonds is 5. The average Bonchev–Trinajstić information content (AvgIpc) is 2.52. The molecule has 1 fully saturated rings. The van der Waals surface area contributed by atoms with E-state index in [9.17, 15) is 0 Å². The number of benzene rings is 1. The molecular formula is C16H25ClIN3O. The number of aliphatic imine (C=N–C) groups is 1. The van der Waals surface area contributed by atoms with Crippen LogP contribution in [0.15, 0.2) is 29.3 Å². The molecule has 0 atom stereocenters. The maximum absolute atomic E-state index is 6.15. The van der Waals surface area contributed by atoms with Crippen LogP contribution in [0.3, 0.4) is 0 Å². The first kappa shape index (κ1) is 19.5. The van der Waals surface area contributed by atoms with Crippen molar-refractivity contribution in [2.75, 3.05) is 26.3 Å². The molecule has 124 valence electrons. The fraction of sp³-hybridized carbons (Fsp3) is 0.562. The van der Waals surface area contributed by atoms with E-state index < -0.39 is 0 Å². The second-order valence-electron chi connectivity index (χ2n) is 5.53. The van der Waals surface area contributed by atoms with E-state index in [1.807, 2.05) is 18.2 Å². The minimum absolute atomic E-state index is 0. The van der Waals surface area contributed by atoms with Gasteiger partial charge in [0.15, 0.2) is 5.96 Å². The predicted molar refractivity (Wildman–Crippen MR) is 103 cm³/mol. The molecule has 22 heavy (non-hydrogen) atoms. The summed E-state index contributed by atoms with van der Waals surface area (Å²) in [6.07, 6.45) is 2.92. The van der Waals surface area contributed by atoms with Gasteiger partial charge in [-0.15, -0.1) is 24.0 Å². The van der Waals surface area contributed by atoms with Gasteiger partial charge >= 0.3 is 0 Å². The minimum atomic E-state index is -0.0261. The highest BCUT2D eigenvalue weighted by Gasteiger charge is 2.34. The molecule has 0 radical (unpaired) electrons. The summed E-state index contributed by atoms with van der Waals surface area (Å²) >= 11 is 6.15. The molecule has 1 aromatic rings. The highest BCUT2D eigenvalue weighted by molar-refractivity contribution is 14.0. The van der Waals surface area contributed by atoms with E-state index in [0.29, 0.717) is 12.5 Å². The van der Waals surface area contributed by atoms with Crippen molar-refractivity contribution >= 4 is 41.5 Å². The average molecular weight is 438 g/mol. The number of nitrogens with two attached hydrogens (primary N) is 1. The number of hydrogen-bond acceptors (Lipinski definition) is 2. The van der Waals surface area contributed by atoms with E-state index in [1.54, 1.807) is 0 Å². The third-order valence-corrected chi connectivity index (χ3v) is 4.23. The first-order valence-corrected chi connectivity index (χ1v) is 7.92. The molecule has 1 aromatic carbocycles. The molecule has 0 bridgehead atoms. The fourth-order valence-electron chi connectivity index (χ4n) is 2.66. The predicted octanol–water partition coefficient (Wildman–Crippen LogP) is 3.32. The van der Waals surface area contributed by atoms with Crippen LogP contribution in [0.1, 0.15) is 31.7 Å². The van der Waals surface area contributed by atoms with Gasteiger partial charge in [0.25, 0.3) is 0 Å². The smallest absolute Gasteiger partial charge is 0.188 e. The van der Waals surface area contributed by atoms with Crippen LogP contribution in [0, 0.1) is 0 Å². The van der Waals surface area contributed by atoms with Gasteiger partial charge in [-0.25, -0.2) is 0 Å². The summed E-state index contributed by atoms with van der Waals surface area (Å²) in [5, 5.41) is 3.89. The summed E-state index contributed by atoms with van der Waals surface area (Å²) in [7, 11) is 0. The summed E-state index contributed by atoms with van der Waals surface area (Å²) in [4.78, 5) is 4.55. The highest BCUT2D eigenvalue weighted by atomic mass is 127. The van der Waals surface area contributed by atoms with Crippen LogP contribution in [0.2, 0.25) is 5.02 Å². The molecule has 1 aliphatic heterocycles. The minimum Gasteiger partial charge on any atom is -0.381 e. The van der Waals surface area contributed by atoms with E-state index in [2.05, 4.69) is 23.3 Å². The molecule has 2 rings (SSSR count). The summed E-state index contributed by atoms with van der Waals surface area (Å²) in [6.45, 7) is 5.13. The monoisotopic (exact) mass is 437 g/mol. The Morgan fingerprint density at radius 3 is 2.77 bits per heavy atom. The quantitative estimate of drug-likeness (QED) is 0.422. The fourth-order valence-corrected chi connectivity index (χ4v) is 2.85. The van der Waals surface area contributed by atoms with Gasteiger partial charge in [0.05, 0.1) is 6.54 Å². The van der Waals surface area contributed by atoms with Crippen LogP contribution in [-0.2, 0) is 10.2 Å². The Morgan fingerprint density at radius 1 is 1.41 bits per heavy atom. The molecule has 4 nitrogen and oxygen atoms in total. The third kappa shape index (κ3) is 5.28. The molecule has 0 aliphatic carbocycles. The van der Waals surface area contributed by atoms with Crippen molar-refractivity contribution in [2.24, 2.45) is 10.7 Å². The lowest BCUT2D eigenvalue weighted by Crippen LogP contribution is -2.39. The standard InChI is InChI=1S/C16H24ClN3O.HI/c1-2-8-19-15(18)20-12-16(6-9-21-10-7-16)13-4-3-5-14(17)11-13;/h3-5,11H,2,6-10,12H2,1H3,(H3,18,19,20);1H. The van der Waals surface area contributed by atoms with Gasteiger partial charge in [-0.05, 0) is 37.0 Å². The Bertz CT molecular complexity index is 490. The van der Waals surface area contributed by atoms with Crippen molar-refractivity contribution in [3.05, 3.63) is 34.9 Å². The number of halogens is 2. The number of nitrogens with zero attached hydrogens (tertiary/aromatic N) is 1. The first-order chi connectivity index (χ1) is 10.2. The summed E-state index contributed by atoms with van der Waals surface area (Å²) in [5.74, 6) is 0.518. The Morgan fingerprint density at radius 2 is 2.14 bits per heavy atom. The zero-order chi connectivity index (χ0) is 15.1. The lowest BCUT2D eigenvalue weighted by atomic mass is 9.74. The maximum atomic E-state index is 6.15. The zero-order valence-electron chi connectivity index (χ0n) is 13.0. The van der Waals surface area contributed by atoms with Gasteiger partial charge in [-0.1, -0.05) is 30.7 Å². The molecule has 6 heteroatoms. The lowest BCUT2D eigenvalue weighted by molar-refractivity contribution is 0.0531. The summed E-state index contributed by atoms with van der Waals surface area (Å²) in [6, 6.07) is 8.07. The van der Waals surface area contributed by atoms with Gasteiger partial charge in [-0.3, -0.25) is 4.99 Å². The Hall–Kier alpha value is -0.530. The van der Waals surface area contributed by atoms with E-state index in [0.717, 1.165) is 44.0 Å². The van der Waals surface area contributed by atoms with Crippen LogP contribution in [0.5, 0.6) is 0 Å². The molecule has 1 heterocycles. The van der Waals surface area contributed by atoms with Gasteiger partial charge in [-0.2, -0.15) is 0 Å². The molecule has 1 saturated heterocycles. The molecule has 0 unspecified atom stereocenters. The molecule has 0 spiro atoms. The largest absolute Gasteiger partial charge is 0.381 e. The van der Waals surface area contributed by atoms with Crippen LogP contribution in [0.4, 0.5) is 0 Å². The van der Waals surface area contributed by atoms with Gasteiger partial charge < -0.3 is 15.8 Å². The van der Waals surface area contributed by atoms with E-state index >= 15 is 0 Å². The van der Waals surface area contributed by atoms with Crippen molar-refractivity contribution in [3.8, 4) is 0 Å². The van der Waals surface area contributed by atoms with Crippen LogP contribution >= 0.6 is 35.6 Å². The van der Waals surface area contributed by atoms with E-state index in [1.165, 1.54) is 5.56 Å². The number of nitrogens with one attached hydrogen (secondary N) is 1. The van der Waals surface area contributed by atoms with Crippen molar-refractivity contribution in [1.82, 2.24) is 5.32 Å². The number of hydrogen-bond donors (Lipinski definition) is 2. The second kappa shape index (κ2) is 9.57. The van der Waals surface area contributed by atoms with Crippen molar-refractivity contribution in [2.45, 2.75) is 31.6 Å². The van der Waals surface area contributed by atoms with Crippen molar-refractivity contribution in [3.63, 3.8) is 0 Å². The van der Waals surface area contributed by atoms with Crippen LogP contribution in [0.25, 0.3) is 0 Å². The topological polar surface area (TPSA) is 59.6 Å². The molecule has 1 aliphatic rings. The highest BCUT2D eigenvalue weighted by Crippen LogP contribution is 2.36.